The van der Waals surface area contributed by atoms with E-state index in [1.54, 1.807) is 25.1 Å². The second-order valence-electron chi connectivity index (χ2n) is 7.85. The number of hydrogen-bond donors (Lipinski definition) is 3. The van der Waals surface area contributed by atoms with Crippen LogP contribution in [0.2, 0.25) is 0 Å². The lowest BCUT2D eigenvalue weighted by Gasteiger charge is -2.24. The highest BCUT2D eigenvalue weighted by molar-refractivity contribution is 6.38. The third-order valence-electron chi connectivity index (χ3n) is 4.70. The van der Waals surface area contributed by atoms with Crippen LogP contribution < -0.4 is 16.0 Å². The lowest BCUT2D eigenvalue weighted by molar-refractivity contribution is -0.140. The number of hydrogen-bond acceptors (Lipinski definition) is 5. The maximum absolute atomic E-state index is 13.1. The highest BCUT2D eigenvalue weighted by Crippen LogP contribution is 2.09. The van der Waals surface area contributed by atoms with Gasteiger partial charge in [-0.25, -0.2) is 0 Å². The first-order valence-electron chi connectivity index (χ1n) is 10.7. The lowest BCUT2D eigenvalue weighted by Crippen LogP contribution is -2.55. The van der Waals surface area contributed by atoms with Gasteiger partial charge in [-0.1, -0.05) is 50.2 Å². The van der Waals surface area contributed by atoms with Gasteiger partial charge in [0.05, 0.1) is 0 Å². The second kappa shape index (κ2) is 12.3. The monoisotopic (exact) mass is 438 g/mol. The van der Waals surface area contributed by atoms with Crippen LogP contribution in [0.4, 0.5) is 0 Å². The molecule has 3 amide bonds. The van der Waals surface area contributed by atoms with Gasteiger partial charge in [-0.15, -0.1) is 0 Å². The molecule has 0 spiro atoms. The van der Waals surface area contributed by atoms with Crippen LogP contribution in [0.3, 0.4) is 0 Å². The molecule has 1 unspecified atom stereocenters. The van der Waals surface area contributed by atoms with Gasteiger partial charge in [0.15, 0.2) is 0 Å². The quantitative estimate of drug-likeness (QED) is 0.461. The van der Waals surface area contributed by atoms with Crippen molar-refractivity contribution in [3.8, 4) is 0 Å². The molecule has 1 aromatic carbocycles. The van der Waals surface area contributed by atoms with Crippen molar-refractivity contribution in [1.82, 2.24) is 20.9 Å². The highest BCUT2D eigenvalue weighted by atomic mass is 16.2. The van der Waals surface area contributed by atoms with E-state index in [4.69, 9.17) is 0 Å². The number of aromatic nitrogens is 1. The molecule has 2 aromatic rings. The molecular formula is C24H30N4O4. The van der Waals surface area contributed by atoms with Gasteiger partial charge in [-0.2, -0.15) is 0 Å². The summed E-state index contributed by atoms with van der Waals surface area (Å²) in [5.74, 6) is -2.40. The minimum absolute atomic E-state index is 0.0986. The van der Waals surface area contributed by atoms with Crippen molar-refractivity contribution < 1.29 is 19.2 Å². The van der Waals surface area contributed by atoms with Crippen molar-refractivity contribution in [3.63, 3.8) is 0 Å². The molecule has 0 bridgehead atoms. The molecule has 1 heterocycles. The van der Waals surface area contributed by atoms with Crippen LogP contribution in [0, 0.1) is 5.92 Å². The number of benzene rings is 1. The molecule has 8 nitrogen and oxygen atoms in total. The number of nitrogens with zero attached hydrogens (tertiary/aromatic N) is 1. The van der Waals surface area contributed by atoms with E-state index in [0.29, 0.717) is 13.0 Å². The smallest absolute Gasteiger partial charge is 0.289 e. The largest absolute Gasteiger partial charge is 0.350 e. The second-order valence-corrected chi connectivity index (χ2v) is 7.85. The van der Waals surface area contributed by atoms with Crippen molar-refractivity contribution in [3.05, 3.63) is 66.0 Å². The lowest BCUT2D eigenvalue weighted by atomic mass is 9.99. The molecule has 8 heteroatoms. The van der Waals surface area contributed by atoms with Gasteiger partial charge in [0.1, 0.15) is 17.8 Å². The Hall–Kier alpha value is -3.55. The van der Waals surface area contributed by atoms with E-state index in [0.717, 1.165) is 5.56 Å². The zero-order chi connectivity index (χ0) is 23.5. The van der Waals surface area contributed by atoms with Crippen LogP contribution in [0.15, 0.2) is 54.7 Å². The predicted octanol–water partition coefficient (Wildman–Crippen LogP) is 1.66. The summed E-state index contributed by atoms with van der Waals surface area (Å²) in [4.78, 5) is 54.6. The van der Waals surface area contributed by atoms with Crippen LogP contribution in [-0.4, -0.2) is 47.1 Å². The standard InChI is InChI=1S/C24H30N4O4/c1-4-25-24(32)21(29)19(15-17-10-6-5-7-11-17)27-23(31)20(14-16(2)3)28-22(30)18-12-8-9-13-26-18/h5-13,16,19-20H,4,14-15H2,1-3H3,(H,25,32)(H,27,31)(H,28,30)/t19?,20-/m0/s1. The van der Waals surface area contributed by atoms with Crippen molar-refractivity contribution in [2.45, 2.75) is 45.7 Å². The zero-order valence-corrected chi connectivity index (χ0v) is 18.6. The number of rotatable bonds is 11. The molecule has 1 aromatic heterocycles. The average molecular weight is 439 g/mol. The Kier molecular flexibility index (Phi) is 9.53. The number of nitrogens with one attached hydrogen (secondary N) is 3. The number of likely N-dealkylation sites (N-methyl/N-ethyl adjacent to an activating group) is 1. The fraction of sp³-hybridized carbons (Fsp3) is 0.375. The van der Waals surface area contributed by atoms with Gasteiger partial charge >= 0.3 is 0 Å². The summed E-state index contributed by atoms with van der Waals surface area (Å²) >= 11 is 0. The minimum Gasteiger partial charge on any atom is -0.350 e. The summed E-state index contributed by atoms with van der Waals surface area (Å²) in [6.45, 7) is 5.86. The molecule has 3 N–H and O–H groups in total. The fourth-order valence-electron chi connectivity index (χ4n) is 3.17. The topological polar surface area (TPSA) is 117 Å². The summed E-state index contributed by atoms with van der Waals surface area (Å²) in [5, 5.41) is 7.87. The van der Waals surface area contributed by atoms with E-state index in [-0.39, 0.29) is 18.0 Å². The number of carbonyl (C=O) groups is 4. The summed E-state index contributed by atoms with van der Waals surface area (Å²) in [6, 6.07) is 12.1. The van der Waals surface area contributed by atoms with Crippen LogP contribution in [0.5, 0.6) is 0 Å². The van der Waals surface area contributed by atoms with E-state index in [9.17, 15) is 19.2 Å². The number of Topliss-reactive ketones (excluding diaryl/α,β-unsaturated/α-hetero) is 1. The van der Waals surface area contributed by atoms with Crippen LogP contribution in [0.25, 0.3) is 0 Å². The molecule has 2 atom stereocenters. The van der Waals surface area contributed by atoms with Crippen LogP contribution in [0.1, 0.15) is 43.2 Å². The Morgan fingerprint density at radius 2 is 1.59 bits per heavy atom. The van der Waals surface area contributed by atoms with Gasteiger partial charge in [0, 0.05) is 19.2 Å². The highest BCUT2D eigenvalue weighted by Gasteiger charge is 2.30. The van der Waals surface area contributed by atoms with E-state index in [2.05, 4.69) is 20.9 Å². The van der Waals surface area contributed by atoms with E-state index in [1.807, 2.05) is 44.2 Å². The van der Waals surface area contributed by atoms with Crippen molar-refractivity contribution in [2.24, 2.45) is 5.92 Å². The molecule has 0 saturated heterocycles. The normalized spacial score (nSPS) is 12.5. The van der Waals surface area contributed by atoms with Gasteiger partial charge in [0.2, 0.25) is 11.7 Å². The summed E-state index contributed by atoms with van der Waals surface area (Å²) < 4.78 is 0. The van der Waals surface area contributed by atoms with Crippen LogP contribution >= 0.6 is 0 Å². The average Bonchev–Trinajstić information content (AvgIpc) is 2.78. The maximum Gasteiger partial charge on any atom is 0.289 e. The zero-order valence-electron chi connectivity index (χ0n) is 18.6. The number of ketones is 1. The van der Waals surface area contributed by atoms with Crippen LogP contribution in [-0.2, 0) is 20.8 Å². The van der Waals surface area contributed by atoms with Gasteiger partial charge in [0.25, 0.3) is 11.8 Å². The first kappa shape index (κ1) is 24.7. The molecule has 0 radical (unpaired) electrons. The molecule has 0 aliphatic carbocycles. The third kappa shape index (κ3) is 7.61. The Morgan fingerprint density at radius 3 is 2.19 bits per heavy atom. The predicted molar refractivity (Wildman–Crippen MR) is 121 cm³/mol. The molecular weight excluding hydrogens is 408 g/mol. The first-order valence-corrected chi connectivity index (χ1v) is 10.7. The molecule has 0 aliphatic heterocycles. The SMILES string of the molecule is CCNC(=O)C(=O)C(Cc1ccccc1)NC(=O)[C@H](CC(C)C)NC(=O)c1ccccn1. The fourth-order valence-corrected chi connectivity index (χ4v) is 3.17. The van der Waals surface area contributed by atoms with Crippen molar-refractivity contribution >= 4 is 23.5 Å². The summed E-state index contributed by atoms with van der Waals surface area (Å²) in [5.41, 5.74) is 0.988. The third-order valence-corrected chi connectivity index (χ3v) is 4.70. The van der Waals surface area contributed by atoms with E-state index in [1.165, 1.54) is 6.20 Å². The van der Waals surface area contributed by atoms with Crippen molar-refractivity contribution in [1.29, 1.82) is 0 Å². The van der Waals surface area contributed by atoms with Gasteiger partial charge < -0.3 is 16.0 Å². The molecule has 0 fully saturated rings. The molecule has 2 rings (SSSR count). The Morgan fingerprint density at radius 1 is 0.906 bits per heavy atom. The molecule has 0 saturated carbocycles. The Bertz CT molecular complexity index is 916. The van der Waals surface area contributed by atoms with Gasteiger partial charge in [-0.05, 0) is 37.0 Å². The van der Waals surface area contributed by atoms with E-state index >= 15 is 0 Å². The maximum atomic E-state index is 13.1. The van der Waals surface area contributed by atoms with E-state index < -0.39 is 35.6 Å². The minimum atomic E-state index is -1.06. The number of amides is 3. The number of carbonyl (C=O) groups excluding carboxylic acids is 4. The molecule has 0 aliphatic rings. The first-order chi connectivity index (χ1) is 15.3. The molecule has 170 valence electrons. The Labute approximate surface area is 188 Å². The number of pyridine rings is 1. The summed E-state index contributed by atoms with van der Waals surface area (Å²) in [6.07, 6.45) is 2.01. The van der Waals surface area contributed by atoms with Gasteiger partial charge in [-0.3, -0.25) is 24.2 Å². The van der Waals surface area contributed by atoms with Crippen molar-refractivity contribution in [2.75, 3.05) is 6.54 Å². The Balaban J connectivity index is 2.20. The summed E-state index contributed by atoms with van der Waals surface area (Å²) in [7, 11) is 0. The molecule has 32 heavy (non-hydrogen) atoms.